The molecule has 3 heterocycles. The summed E-state index contributed by atoms with van der Waals surface area (Å²) >= 11 is 0. The van der Waals surface area contributed by atoms with E-state index >= 15 is 0 Å². The summed E-state index contributed by atoms with van der Waals surface area (Å²) < 4.78 is 14.7. The molecule has 0 saturated carbocycles. The number of aromatic nitrogens is 1. The SMILES string of the molecule is O=C(O)c1ccc(CN2C[C@@H]3CNCC[C@]3(F)C2=O)nc1. The van der Waals surface area contributed by atoms with E-state index in [9.17, 15) is 14.0 Å². The second-order valence-electron chi connectivity index (χ2n) is 5.54. The molecule has 6 nitrogen and oxygen atoms in total. The summed E-state index contributed by atoms with van der Waals surface area (Å²) in [5, 5.41) is 11.9. The number of likely N-dealkylation sites (tertiary alicyclic amines) is 1. The number of aromatic carboxylic acids is 1. The fraction of sp³-hybridized carbons (Fsp3) is 0.500. The molecule has 21 heavy (non-hydrogen) atoms. The minimum Gasteiger partial charge on any atom is -0.478 e. The van der Waals surface area contributed by atoms with Crippen LogP contribution in [0.4, 0.5) is 4.39 Å². The van der Waals surface area contributed by atoms with Crippen molar-refractivity contribution in [2.75, 3.05) is 19.6 Å². The number of amides is 1. The van der Waals surface area contributed by atoms with Crippen molar-refractivity contribution in [3.8, 4) is 0 Å². The zero-order chi connectivity index (χ0) is 15.0. The standard InChI is InChI=1S/C14H16FN3O3/c15-14-3-4-16-6-10(14)7-18(13(14)21)8-11-2-1-9(5-17-11)12(19)20/h1-2,5,10,16H,3-4,6-8H2,(H,19,20)/t10-,14+/m0/s1. The molecule has 2 aliphatic rings. The molecule has 2 atom stereocenters. The van der Waals surface area contributed by atoms with Gasteiger partial charge in [-0.2, -0.15) is 0 Å². The number of carbonyl (C=O) groups excluding carboxylic acids is 1. The Morgan fingerprint density at radius 1 is 1.57 bits per heavy atom. The number of hydrogen-bond donors (Lipinski definition) is 2. The van der Waals surface area contributed by atoms with Crippen LogP contribution in [-0.2, 0) is 11.3 Å². The molecule has 7 heteroatoms. The van der Waals surface area contributed by atoms with E-state index in [1.54, 1.807) is 6.07 Å². The summed E-state index contributed by atoms with van der Waals surface area (Å²) in [6.07, 6.45) is 1.45. The van der Waals surface area contributed by atoms with Crippen molar-refractivity contribution in [3.63, 3.8) is 0 Å². The number of nitrogens with zero attached hydrogens (tertiary/aromatic N) is 2. The molecule has 112 valence electrons. The Morgan fingerprint density at radius 2 is 2.38 bits per heavy atom. The van der Waals surface area contributed by atoms with Crippen LogP contribution >= 0.6 is 0 Å². The van der Waals surface area contributed by atoms with Crippen LogP contribution in [0.25, 0.3) is 0 Å². The maximum atomic E-state index is 14.7. The largest absolute Gasteiger partial charge is 0.478 e. The van der Waals surface area contributed by atoms with Crippen LogP contribution in [0.15, 0.2) is 18.3 Å². The van der Waals surface area contributed by atoms with Crippen molar-refractivity contribution in [2.45, 2.75) is 18.6 Å². The number of hydrogen-bond acceptors (Lipinski definition) is 4. The highest BCUT2D eigenvalue weighted by Crippen LogP contribution is 2.37. The molecule has 2 fully saturated rings. The van der Waals surface area contributed by atoms with Gasteiger partial charge in [-0.1, -0.05) is 0 Å². The van der Waals surface area contributed by atoms with Crippen molar-refractivity contribution >= 4 is 11.9 Å². The van der Waals surface area contributed by atoms with Gasteiger partial charge >= 0.3 is 5.97 Å². The van der Waals surface area contributed by atoms with Gasteiger partial charge in [-0.3, -0.25) is 9.78 Å². The highest BCUT2D eigenvalue weighted by atomic mass is 19.1. The first kappa shape index (κ1) is 13.9. The Kier molecular flexibility index (Phi) is 3.36. The zero-order valence-electron chi connectivity index (χ0n) is 11.4. The van der Waals surface area contributed by atoms with Gasteiger partial charge < -0.3 is 15.3 Å². The van der Waals surface area contributed by atoms with Crippen molar-refractivity contribution in [1.82, 2.24) is 15.2 Å². The van der Waals surface area contributed by atoms with Crippen LogP contribution in [-0.4, -0.2) is 52.2 Å². The predicted molar refractivity (Wildman–Crippen MR) is 71.4 cm³/mol. The third kappa shape index (κ3) is 2.37. The van der Waals surface area contributed by atoms with Crippen LogP contribution < -0.4 is 5.32 Å². The number of nitrogens with one attached hydrogen (secondary N) is 1. The first-order chi connectivity index (χ1) is 10.0. The lowest BCUT2D eigenvalue weighted by atomic mass is 9.86. The first-order valence-electron chi connectivity index (χ1n) is 6.88. The Hall–Kier alpha value is -2.02. The van der Waals surface area contributed by atoms with Gasteiger partial charge in [0.25, 0.3) is 5.91 Å². The van der Waals surface area contributed by atoms with E-state index in [0.29, 0.717) is 25.3 Å². The lowest BCUT2D eigenvalue weighted by molar-refractivity contribution is -0.140. The van der Waals surface area contributed by atoms with Gasteiger partial charge in [0, 0.05) is 31.6 Å². The van der Waals surface area contributed by atoms with Gasteiger partial charge in [-0.05, 0) is 18.7 Å². The van der Waals surface area contributed by atoms with E-state index in [1.165, 1.54) is 17.2 Å². The molecule has 2 N–H and O–H groups in total. The van der Waals surface area contributed by atoms with E-state index < -0.39 is 17.5 Å². The van der Waals surface area contributed by atoms with Gasteiger partial charge in [-0.15, -0.1) is 0 Å². The average Bonchev–Trinajstić information content (AvgIpc) is 2.72. The van der Waals surface area contributed by atoms with Gasteiger partial charge in [0.1, 0.15) is 0 Å². The van der Waals surface area contributed by atoms with Crippen LogP contribution in [0, 0.1) is 5.92 Å². The topological polar surface area (TPSA) is 82.5 Å². The quantitative estimate of drug-likeness (QED) is 0.845. The number of pyridine rings is 1. The minimum atomic E-state index is -1.76. The van der Waals surface area contributed by atoms with Crippen molar-refractivity contribution in [2.24, 2.45) is 5.92 Å². The van der Waals surface area contributed by atoms with Crippen LogP contribution in [0.5, 0.6) is 0 Å². The third-order valence-corrected chi connectivity index (χ3v) is 4.21. The third-order valence-electron chi connectivity index (χ3n) is 4.21. The van der Waals surface area contributed by atoms with E-state index in [4.69, 9.17) is 5.11 Å². The second-order valence-corrected chi connectivity index (χ2v) is 5.54. The summed E-state index contributed by atoms with van der Waals surface area (Å²) in [6.45, 7) is 1.59. The molecule has 0 aromatic carbocycles. The molecule has 1 amide bonds. The number of rotatable bonds is 3. The Labute approximate surface area is 121 Å². The molecule has 2 saturated heterocycles. The second kappa shape index (κ2) is 5.07. The fourth-order valence-corrected chi connectivity index (χ4v) is 2.99. The Bertz CT molecular complexity index is 577. The number of alkyl halides is 1. The molecule has 2 aliphatic heterocycles. The van der Waals surface area contributed by atoms with E-state index in [-0.39, 0.29) is 24.4 Å². The van der Waals surface area contributed by atoms with E-state index in [1.807, 2.05) is 0 Å². The van der Waals surface area contributed by atoms with Crippen molar-refractivity contribution < 1.29 is 19.1 Å². The number of carbonyl (C=O) groups is 2. The van der Waals surface area contributed by atoms with Crippen LogP contribution in [0.1, 0.15) is 22.5 Å². The number of fused-ring (bicyclic) bond motifs is 1. The predicted octanol–water partition coefficient (Wildman–Crippen LogP) is 0.440. The molecule has 0 unspecified atom stereocenters. The lowest BCUT2D eigenvalue weighted by Gasteiger charge is -2.29. The Balaban J connectivity index is 1.73. The maximum absolute atomic E-state index is 14.7. The molecular weight excluding hydrogens is 277 g/mol. The van der Waals surface area contributed by atoms with E-state index in [0.717, 1.165) is 0 Å². The number of carboxylic acid groups (broad SMARTS) is 1. The molecule has 0 bridgehead atoms. The smallest absolute Gasteiger partial charge is 0.337 e. The summed E-state index contributed by atoms with van der Waals surface area (Å²) in [4.78, 5) is 28.5. The molecule has 1 aromatic rings. The van der Waals surface area contributed by atoms with Gasteiger partial charge in [0.05, 0.1) is 17.8 Å². The summed E-state index contributed by atoms with van der Waals surface area (Å²) in [6, 6.07) is 2.99. The highest BCUT2D eigenvalue weighted by Gasteiger charge is 2.55. The summed E-state index contributed by atoms with van der Waals surface area (Å²) in [5.41, 5.74) is -1.11. The molecule has 0 spiro atoms. The minimum absolute atomic E-state index is 0.0892. The molecule has 1 aromatic heterocycles. The number of halogens is 1. The fourth-order valence-electron chi connectivity index (χ4n) is 2.99. The van der Waals surface area contributed by atoms with Gasteiger partial charge in [0.2, 0.25) is 0 Å². The summed E-state index contributed by atoms with van der Waals surface area (Å²) in [5.74, 6) is -1.85. The average molecular weight is 293 g/mol. The van der Waals surface area contributed by atoms with Crippen LogP contribution in [0.3, 0.4) is 0 Å². The lowest BCUT2D eigenvalue weighted by Crippen LogP contribution is -2.49. The maximum Gasteiger partial charge on any atom is 0.337 e. The summed E-state index contributed by atoms with van der Waals surface area (Å²) in [7, 11) is 0. The van der Waals surface area contributed by atoms with Crippen molar-refractivity contribution in [3.05, 3.63) is 29.6 Å². The molecule has 0 aliphatic carbocycles. The molecule has 3 rings (SSSR count). The number of piperidine rings is 1. The normalized spacial score (nSPS) is 28.5. The monoisotopic (exact) mass is 293 g/mol. The van der Waals surface area contributed by atoms with Gasteiger partial charge in [0.15, 0.2) is 5.67 Å². The van der Waals surface area contributed by atoms with E-state index in [2.05, 4.69) is 10.3 Å². The first-order valence-corrected chi connectivity index (χ1v) is 6.88. The molecule has 0 radical (unpaired) electrons. The van der Waals surface area contributed by atoms with Gasteiger partial charge in [-0.25, -0.2) is 9.18 Å². The van der Waals surface area contributed by atoms with Crippen LogP contribution in [0.2, 0.25) is 0 Å². The Morgan fingerprint density at radius 3 is 3.00 bits per heavy atom. The molecular formula is C14H16FN3O3. The zero-order valence-corrected chi connectivity index (χ0v) is 11.4. The van der Waals surface area contributed by atoms with Crippen molar-refractivity contribution in [1.29, 1.82) is 0 Å². The highest BCUT2D eigenvalue weighted by molar-refractivity contribution is 5.88. The number of carboxylic acids is 1.